The Balaban J connectivity index is 1.26. The SMILES string of the molecule is C=C1/C(=C\C=C2/CCCC3(C)C(CCCC(OC(=O)C(C)(C)C)C4(c5ncc(CCC)[nH]5)CC4)CCC23)CC(O)CC1O. The first-order valence-corrected chi connectivity index (χ1v) is 17.1. The van der Waals surface area contributed by atoms with Gasteiger partial charge in [0.25, 0.3) is 0 Å². The lowest BCUT2D eigenvalue weighted by atomic mass is 9.62. The second kappa shape index (κ2) is 12.7. The molecular formula is C37H56N2O4. The summed E-state index contributed by atoms with van der Waals surface area (Å²) >= 11 is 0. The zero-order valence-electron chi connectivity index (χ0n) is 27.4. The molecule has 0 aromatic carbocycles. The van der Waals surface area contributed by atoms with E-state index in [1.165, 1.54) is 37.0 Å². The van der Waals surface area contributed by atoms with Crippen LogP contribution in [0.15, 0.2) is 41.6 Å². The fourth-order valence-electron chi connectivity index (χ4n) is 8.44. The predicted molar refractivity (Wildman–Crippen MR) is 171 cm³/mol. The van der Waals surface area contributed by atoms with Crippen molar-refractivity contribution in [1.82, 2.24) is 9.97 Å². The number of aromatic amines is 1. The van der Waals surface area contributed by atoms with Crippen molar-refractivity contribution in [1.29, 1.82) is 0 Å². The van der Waals surface area contributed by atoms with Gasteiger partial charge in [0, 0.05) is 18.3 Å². The number of ether oxygens (including phenoxy) is 1. The molecule has 6 atom stereocenters. The fraction of sp³-hybridized carbons (Fsp3) is 0.730. The van der Waals surface area contributed by atoms with E-state index in [-0.39, 0.29) is 22.9 Å². The monoisotopic (exact) mass is 592 g/mol. The van der Waals surface area contributed by atoms with Gasteiger partial charge in [0.05, 0.1) is 23.0 Å². The Bertz CT molecular complexity index is 1230. The molecule has 43 heavy (non-hydrogen) atoms. The van der Waals surface area contributed by atoms with Crippen molar-refractivity contribution in [3.63, 3.8) is 0 Å². The molecule has 6 unspecified atom stereocenters. The summed E-state index contributed by atoms with van der Waals surface area (Å²) in [5.74, 6) is 2.14. The lowest BCUT2D eigenvalue weighted by Gasteiger charge is -2.42. The minimum atomic E-state index is -0.645. The number of fused-ring (bicyclic) bond motifs is 1. The van der Waals surface area contributed by atoms with Crippen LogP contribution in [0.2, 0.25) is 0 Å². The van der Waals surface area contributed by atoms with Crippen LogP contribution in [0.25, 0.3) is 0 Å². The molecule has 4 aliphatic rings. The van der Waals surface area contributed by atoms with E-state index in [0.717, 1.165) is 68.3 Å². The number of esters is 1. The molecule has 4 saturated carbocycles. The van der Waals surface area contributed by atoms with Crippen molar-refractivity contribution < 1.29 is 19.7 Å². The van der Waals surface area contributed by atoms with Gasteiger partial charge in [-0.15, -0.1) is 0 Å². The van der Waals surface area contributed by atoms with Crippen molar-refractivity contribution >= 4 is 5.97 Å². The Hall–Kier alpha value is -2.18. The van der Waals surface area contributed by atoms with Crippen LogP contribution in [0.3, 0.4) is 0 Å². The van der Waals surface area contributed by atoms with Crippen LogP contribution >= 0.6 is 0 Å². The highest BCUT2D eigenvalue weighted by molar-refractivity contribution is 5.75. The zero-order valence-corrected chi connectivity index (χ0v) is 27.4. The number of hydrogen-bond donors (Lipinski definition) is 3. The van der Waals surface area contributed by atoms with Crippen molar-refractivity contribution in [3.05, 3.63) is 53.2 Å². The molecule has 0 bridgehead atoms. The normalized spacial score (nSPS) is 33.0. The molecule has 1 heterocycles. The summed E-state index contributed by atoms with van der Waals surface area (Å²) < 4.78 is 6.34. The van der Waals surface area contributed by atoms with Gasteiger partial charge in [0.1, 0.15) is 11.9 Å². The second-order valence-corrected chi connectivity index (χ2v) is 15.5. The van der Waals surface area contributed by atoms with Gasteiger partial charge in [-0.05, 0) is 126 Å². The number of H-pyrrole nitrogens is 1. The van der Waals surface area contributed by atoms with Crippen LogP contribution in [0.4, 0.5) is 0 Å². The molecule has 4 aliphatic carbocycles. The van der Waals surface area contributed by atoms with Gasteiger partial charge in [-0.3, -0.25) is 4.79 Å². The smallest absolute Gasteiger partial charge is 0.311 e. The first-order valence-electron chi connectivity index (χ1n) is 17.1. The number of aryl methyl sites for hydroxylation is 1. The van der Waals surface area contributed by atoms with Crippen LogP contribution in [0.5, 0.6) is 0 Å². The van der Waals surface area contributed by atoms with Gasteiger partial charge >= 0.3 is 5.97 Å². The maximum Gasteiger partial charge on any atom is 0.311 e. The average Bonchev–Trinajstić information content (AvgIpc) is 3.49. The molecule has 1 aromatic rings. The summed E-state index contributed by atoms with van der Waals surface area (Å²) in [7, 11) is 0. The molecule has 3 N–H and O–H groups in total. The molecule has 1 aromatic heterocycles. The predicted octanol–water partition coefficient (Wildman–Crippen LogP) is 7.66. The Kier molecular flexibility index (Phi) is 9.49. The lowest BCUT2D eigenvalue weighted by Crippen LogP contribution is -2.37. The lowest BCUT2D eigenvalue weighted by molar-refractivity contribution is -0.161. The molecule has 0 saturated heterocycles. The quantitative estimate of drug-likeness (QED) is 0.242. The van der Waals surface area contributed by atoms with Gasteiger partial charge in [0.2, 0.25) is 0 Å². The number of rotatable bonds is 10. The summed E-state index contributed by atoms with van der Waals surface area (Å²) in [6.45, 7) is 14.6. The highest BCUT2D eigenvalue weighted by Gasteiger charge is 2.55. The highest BCUT2D eigenvalue weighted by atomic mass is 16.5. The molecule has 0 amide bonds. The van der Waals surface area contributed by atoms with E-state index in [1.807, 2.05) is 27.0 Å². The Labute approximate surface area is 259 Å². The molecule has 0 spiro atoms. The van der Waals surface area contributed by atoms with E-state index in [9.17, 15) is 15.0 Å². The van der Waals surface area contributed by atoms with Gasteiger partial charge in [0.15, 0.2) is 0 Å². The van der Waals surface area contributed by atoms with Crippen molar-refractivity contribution in [2.45, 2.75) is 148 Å². The Morgan fingerprint density at radius 2 is 2.00 bits per heavy atom. The Morgan fingerprint density at radius 1 is 1.23 bits per heavy atom. The van der Waals surface area contributed by atoms with Crippen molar-refractivity contribution in [2.24, 2.45) is 22.7 Å². The maximum absolute atomic E-state index is 13.1. The van der Waals surface area contributed by atoms with Gasteiger partial charge < -0.3 is 19.9 Å². The number of imidazole rings is 1. The fourth-order valence-corrected chi connectivity index (χ4v) is 8.44. The molecule has 6 nitrogen and oxygen atoms in total. The van der Waals surface area contributed by atoms with Gasteiger partial charge in [-0.25, -0.2) is 4.98 Å². The average molecular weight is 593 g/mol. The largest absolute Gasteiger partial charge is 0.461 e. The minimum Gasteiger partial charge on any atom is -0.461 e. The standard InChI is InChI=1S/C37H56N2O4/c1-7-10-28-23-38-33(39-28)37(19-20-37)32(43-34(42)35(3,4)5)13-8-12-27-16-17-30-25(11-9-18-36(27,30)6)14-15-26-21-29(40)22-31(41)24(26)2/h14-15,23,27,29-32,40-41H,2,7-13,16-22H2,1,3-6H3,(H,38,39)/b25-14+,26-15-. The summed E-state index contributed by atoms with van der Waals surface area (Å²) in [6.07, 6.45) is 19.3. The molecule has 238 valence electrons. The van der Waals surface area contributed by atoms with Crippen LogP contribution in [-0.4, -0.2) is 44.5 Å². The molecule has 0 radical (unpaired) electrons. The molecule has 0 aliphatic heterocycles. The van der Waals surface area contributed by atoms with E-state index in [0.29, 0.717) is 24.7 Å². The van der Waals surface area contributed by atoms with Crippen LogP contribution < -0.4 is 0 Å². The number of nitrogens with one attached hydrogen (secondary N) is 1. The third-order valence-corrected chi connectivity index (χ3v) is 11.3. The number of hydrogen-bond acceptors (Lipinski definition) is 5. The van der Waals surface area contributed by atoms with Gasteiger partial charge in [-0.2, -0.15) is 0 Å². The topological polar surface area (TPSA) is 95.4 Å². The molecule has 5 rings (SSSR count). The van der Waals surface area contributed by atoms with Crippen LogP contribution in [0.1, 0.15) is 130 Å². The molecule has 4 fully saturated rings. The number of aliphatic hydroxyl groups is 2. The number of carbonyl (C=O) groups is 1. The number of aliphatic hydroxyl groups excluding tert-OH is 2. The second-order valence-electron chi connectivity index (χ2n) is 15.5. The van der Waals surface area contributed by atoms with E-state index in [1.54, 1.807) is 0 Å². The van der Waals surface area contributed by atoms with E-state index < -0.39 is 17.6 Å². The zero-order chi connectivity index (χ0) is 31.0. The van der Waals surface area contributed by atoms with Crippen molar-refractivity contribution in [2.75, 3.05) is 0 Å². The number of carbonyl (C=O) groups excluding carboxylic acids is 1. The minimum absolute atomic E-state index is 0.117. The third kappa shape index (κ3) is 6.76. The molecular weight excluding hydrogens is 536 g/mol. The van der Waals surface area contributed by atoms with Gasteiger partial charge in [-0.1, -0.05) is 44.6 Å². The number of nitrogens with zero attached hydrogens (tertiary/aromatic N) is 1. The van der Waals surface area contributed by atoms with Crippen LogP contribution in [-0.2, 0) is 21.4 Å². The van der Waals surface area contributed by atoms with Crippen molar-refractivity contribution in [3.8, 4) is 0 Å². The first kappa shape index (κ1) is 32.2. The van der Waals surface area contributed by atoms with E-state index in [4.69, 9.17) is 9.72 Å². The summed E-state index contributed by atoms with van der Waals surface area (Å²) in [4.78, 5) is 21.5. The number of allylic oxidation sites excluding steroid dienone is 3. The summed E-state index contributed by atoms with van der Waals surface area (Å²) in [5.41, 5.74) is 4.04. The van der Waals surface area contributed by atoms with E-state index in [2.05, 4.69) is 37.6 Å². The molecule has 6 heteroatoms. The number of aromatic nitrogens is 2. The summed E-state index contributed by atoms with van der Waals surface area (Å²) in [5, 5.41) is 20.5. The first-order chi connectivity index (χ1) is 20.4. The highest BCUT2D eigenvalue weighted by Crippen LogP contribution is 2.59. The Morgan fingerprint density at radius 3 is 2.70 bits per heavy atom. The maximum atomic E-state index is 13.1. The van der Waals surface area contributed by atoms with Crippen LogP contribution in [0, 0.1) is 22.7 Å². The third-order valence-electron chi connectivity index (χ3n) is 11.3. The van der Waals surface area contributed by atoms with E-state index >= 15 is 0 Å². The summed E-state index contributed by atoms with van der Waals surface area (Å²) in [6, 6.07) is 0.